The highest BCUT2D eigenvalue weighted by molar-refractivity contribution is 6.43. The number of hydrogen-bond acceptors (Lipinski definition) is 6. The number of likely N-dealkylation sites (N-methyl/N-ethyl adjacent to an activating group) is 1. The Bertz CT molecular complexity index is 748. The van der Waals surface area contributed by atoms with Crippen LogP contribution in [0.5, 0.6) is 0 Å². The van der Waals surface area contributed by atoms with Gasteiger partial charge in [-0.05, 0) is 38.2 Å². The topological polar surface area (TPSA) is 90.7 Å². The van der Waals surface area contributed by atoms with Gasteiger partial charge in [-0.25, -0.2) is 0 Å². The molecule has 132 valence electrons. The van der Waals surface area contributed by atoms with Crippen molar-refractivity contribution in [2.45, 2.75) is 6.92 Å². The number of aromatic nitrogens is 1. The van der Waals surface area contributed by atoms with E-state index in [2.05, 4.69) is 32.6 Å². The van der Waals surface area contributed by atoms with Crippen LogP contribution in [0.15, 0.2) is 34.9 Å². The van der Waals surface area contributed by atoms with Crippen LogP contribution in [-0.2, 0) is 9.59 Å². The van der Waals surface area contributed by atoms with Crippen LogP contribution in [0, 0.1) is 6.92 Å². The number of nitrogens with zero attached hydrogens (tertiary/aromatic N) is 3. The third-order valence-corrected chi connectivity index (χ3v) is 4.07. The van der Waals surface area contributed by atoms with Crippen molar-refractivity contribution >= 4 is 29.0 Å². The zero-order valence-electron chi connectivity index (χ0n) is 14.3. The summed E-state index contributed by atoms with van der Waals surface area (Å²) in [5, 5.41) is 8.57. The van der Waals surface area contributed by atoms with Crippen LogP contribution >= 0.6 is 0 Å². The molecule has 1 saturated heterocycles. The van der Waals surface area contributed by atoms with E-state index in [-0.39, 0.29) is 5.82 Å². The third-order valence-electron chi connectivity index (χ3n) is 4.07. The summed E-state index contributed by atoms with van der Waals surface area (Å²) in [6, 6.07) is 9.01. The molecular weight excluding hydrogens is 322 g/mol. The molecular formula is C17H21N5O3. The Labute approximate surface area is 145 Å². The van der Waals surface area contributed by atoms with Crippen LogP contribution < -0.4 is 15.5 Å². The molecule has 0 spiro atoms. The number of amides is 2. The van der Waals surface area contributed by atoms with Gasteiger partial charge in [0.2, 0.25) is 0 Å². The maximum atomic E-state index is 11.9. The van der Waals surface area contributed by atoms with Crippen molar-refractivity contribution in [2.24, 2.45) is 0 Å². The highest BCUT2D eigenvalue weighted by atomic mass is 16.5. The van der Waals surface area contributed by atoms with Gasteiger partial charge in [-0.15, -0.1) is 0 Å². The van der Waals surface area contributed by atoms with Crippen molar-refractivity contribution in [3.05, 3.63) is 36.1 Å². The number of aryl methyl sites for hydroxylation is 1. The Morgan fingerprint density at radius 1 is 1.04 bits per heavy atom. The Balaban J connectivity index is 1.55. The van der Waals surface area contributed by atoms with Gasteiger partial charge in [0.15, 0.2) is 5.82 Å². The fraction of sp³-hybridized carbons (Fsp3) is 0.353. The molecule has 0 bridgehead atoms. The van der Waals surface area contributed by atoms with E-state index in [0.717, 1.165) is 31.9 Å². The van der Waals surface area contributed by atoms with Crippen LogP contribution in [0.4, 0.5) is 17.2 Å². The molecule has 2 amide bonds. The van der Waals surface area contributed by atoms with Gasteiger partial charge in [-0.1, -0.05) is 5.16 Å². The van der Waals surface area contributed by atoms with Gasteiger partial charge >= 0.3 is 11.8 Å². The van der Waals surface area contributed by atoms with Crippen molar-refractivity contribution in [2.75, 3.05) is 48.8 Å². The molecule has 0 aliphatic carbocycles. The number of carbonyl (C=O) groups is 2. The van der Waals surface area contributed by atoms with Crippen LogP contribution in [0.2, 0.25) is 0 Å². The molecule has 0 radical (unpaired) electrons. The average molecular weight is 343 g/mol. The Morgan fingerprint density at radius 2 is 1.68 bits per heavy atom. The predicted octanol–water partition coefficient (Wildman–Crippen LogP) is 1.31. The lowest BCUT2D eigenvalue weighted by molar-refractivity contribution is -0.133. The lowest BCUT2D eigenvalue weighted by atomic mass is 10.2. The Kier molecular flexibility index (Phi) is 4.99. The summed E-state index contributed by atoms with van der Waals surface area (Å²) >= 11 is 0. The van der Waals surface area contributed by atoms with Gasteiger partial charge in [-0.3, -0.25) is 14.9 Å². The van der Waals surface area contributed by atoms with Crippen LogP contribution in [0.3, 0.4) is 0 Å². The van der Waals surface area contributed by atoms with Crippen LogP contribution in [0.1, 0.15) is 5.76 Å². The molecule has 0 unspecified atom stereocenters. The number of benzene rings is 1. The van der Waals surface area contributed by atoms with Gasteiger partial charge in [-0.2, -0.15) is 0 Å². The van der Waals surface area contributed by atoms with Crippen LogP contribution in [0.25, 0.3) is 0 Å². The lowest BCUT2D eigenvalue weighted by Crippen LogP contribution is -2.44. The Morgan fingerprint density at radius 3 is 2.28 bits per heavy atom. The van der Waals surface area contributed by atoms with E-state index < -0.39 is 11.8 Å². The second kappa shape index (κ2) is 7.35. The van der Waals surface area contributed by atoms with Gasteiger partial charge < -0.3 is 19.6 Å². The first-order valence-corrected chi connectivity index (χ1v) is 8.10. The van der Waals surface area contributed by atoms with Crippen molar-refractivity contribution in [3.63, 3.8) is 0 Å². The highest BCUT2D eigenvalue weighted by Crippen LogP contribution is 2.19. The summed E-state index contributed by atoms with van der Waals surface area (Å²) in [6.07, 6.45) is 0. The lowest BCUT2D eigenvalue weighted by Gasteiger charge is -2.34. The average Bonchev–Trinajstić information content (AvgIpc) is 3.01. The second-order valence-electron chi connectivity index (χ2n) is 6.07. The molecule has 1 aliphatic heterocycles. The maximum absolute atomic E-state index is 11.9. The first-order valence-electron chi connectivity index (χ1n) is 8.10. The van der Waals surface area contributed by atoms with Gasteiger partial charge in [0.1, 0.15) is 5.76 Å². The fourth-order valence-corrected chi connectivity index (χ4v) is 2.61. The van der Waals surface area contributed by atoms with E-state index in [1.165, 1.54) is 6.07 Å². The molecule has 2 N–H and O–H groups in total. The van der Waals surface area contributed by atoms with Gasteiger partial charge in [0.05, 0.1) is 0 Å². The summed E-state index contributed by atoms with van der Waals surface area (Å²) in [6.45, 7) is 5.70. The highest BCUT2D eigenvalue weighted by Gasteiger charge is 2.17. The maximum Gasteiger partial charge on any atom is 0.315 e. The fourth-order valence-electron chi connectivity index (χ4n) is 2.61. The summed E-state index contributed by atoms with van der Waals surface area (Å²) < 4.78 is 4.84. The molecule has 1 aliphatic rings. The van der Waals surface area contributed by atoms with E-state index in [1.54, 1.807) is 19.1 Å². The number of carbonyl (C=O) groups excluding carboxylic acids is 2. The van der Waals surface area contributed by atoms with Crippen molar-refractivity contribution in [1.82, 2.24) is 10.1 Å². The van der Waals surface area contributed by atoms with Crippen LogP contribution in [-0.4, -0.2) is 55.1 Å². The molecule has 1 aromatic carbocycles. The number of rotatable bonds is 3. The smallest absolute Gasteiger partial charge is 0.315 e. The largest absolute Gasteiger partial charge is 0.369 e. The van der Waals surface area contributed by atoms with E-state index in [4.69, 9.17) is 4.52 Å². The first-order chi connectivity index (χ1) is 12.0. The third kappa shape index (κ3) is 4.36. The second-order valence-corrected chi connectivity index (χ2v) is 6.07. The van der Waals surface area contributed by atoms with Crippen molar-refractivity contribution in [1.29, 1.82) is 0 Å². The number of hydrogen-bond donors (Lipinski definition) is 2. The Hall–Kier alpha value is -2.87. The standard InChI is InChI=1S/C17H21N5O3/c1-12-11-15(20-25-12)19-17(24)16(23)18-13-3-5-14(6-4-13)22-9-7-21(2)8-10-22/h3-6,11H,7-10H2,1-2H3,(H,18,23)(H,19,20,24). The number of piperazine rings is 1. The minimum Gasteiger partial charge on any atom is -0.369 e. The summed E-state index contributed by atoms with van der Waals surface area (Å²) in [5.41, 5.74) is 1.67. The van der Waals surface area contributed by atoms with E-state index >= 15 is 0 Å². The molecule has 0 atom stereocenters. The SMILES string of the molecule is Cc1cc(NC(=O)C(=O)Nc2ccc(N3CCN(C)CC3)cc2)no1. The molecule has 1 aromatic heterocycles. The van der Waals surface area contributed by atoms with Gasteiger partial charge in [0.25, 0.3) is 0 Å². The van der Waals surface area contributed by atoms with Crippen molar-refractivity contribution in [3.8, 4) is 0 Å². The summed E-state index contributed by atoms with van der Waals surface area (Å²) in [4.78, 5) is 28.4. The molecule has 2 heterocycles. The zero-order valence-corrected chi connectivity index (χ0v) is 14.3. The predicted molar refractivity (Wildman–Crippen MR) is 94.7 cm³/mol. The normalized spacial score (nSPS) is 15.0. The van der Waals surface area contributed by atoms with E-state index in [0.29, 0.717) is 11.4 Å². The van der Waals surface area contributed by atoms with E-state index in [9.17, 15) is 9.59 Å². The molecule has 1 fully saturated rings. The summed E-state index contributed by atoms with van der Waals surface area (Å²) in [7, 11) is 2.11. The molecule has 2 aromatic rings. The quantitative estimate of drug-likeness (QED) is 0.817. The minimum atomic E-state index is -0.795. The molecule has 3 rings (SSSR count). The monoisotopic (exact) mass is 343 g/mol. The number of anilines is 3. The van der Waals surface area contributed by atoms with Crippen molar-refractivity contribution < 1.29 is 14.1 Å². The first kappa shape index (κ1) is 17.0. The van der Waals surface area contributed by atoms with E-state index in [1.807, 2.05) is 12.1 Å². The zero-order chi connectivity index (χ0) is 17.8. The minimum absolute atomic E-state index is 0.211. The molecule has 0 saturated carbocycles. The molecule has 25 heavy (non-hydrogen) atoms. The summed E-state index contributed by atoms with van der Waals surface area (Å²) in [5.74, 6) is -0.789. The molecule has 8 heteroatoms. The number of nitrogens with one attached hydrogen (secondary N) is 2. The van der Waals surface area contributed by atoms with Gasteiger partial charge in [0, 0.05) is 43.6 Å². The molecule has 8 nitrogen and oxygen atoms in total.